The normalized spacial score (nSPS) is 15.5. The molecule has 0 saturated heterocycles. The quantitative estimate of drug-likeness (QED) is 0.480. The van der Waals surface area contributed by atoms with Crippen LogP contribution in [0.1, 0.15) is 24.4 Å². The Bertz CT molecular complexity index is 1260. The van der Waals surface area contributed by atoms with Crippen molar-refractivity contribution < 1.29 is 18.4 Å². The number of furan rings is 1. The lowest BCUT2D eigenvalue weighted by Gasteiger charge is -2.40. The van der Waals surface area contributed by atoms with Crippen LogP contribution in [0.3, 0.4) is 0 Å². The highest BCUT2D eigenvalue weighted by Crippen LogP contribution is 2.39. The van der Waals surface area contributed by atoms with Gasteiger partial charge in [-0.2, -0.15) is 0 Å². The standard InChI is InChI=1S/C24H20N4O4/c1-15-13-27(24(30)22-4-3-11-31-22)21-12-19(9-10-20(21)28(15)16(2)29)17-5-7-18(8-6-17)23-26-25-14-32-23/h3-12,14-15H,13H2,1-2H3/t15-/m0/s1. The third-order valence-corrected chi connectivity index (χ3v) is 5.55. The molecule has 4 aromatic rings. The van der Waals surface area contributed by atoms with Gasteiger partial charge in [0, 0.05) is 19.0 Å². The summed E-state index contributed by atoms with van der Waals surface area (Å²) in [5.41, 5.74) is 4.04. The molecule has 8 nitrogen and oxygen atoms in total. The van der Waals surface area contributed by atoms with Gasteiger partial charge in [0.05, 0.1) is 23.7 Å². The molecule has 0 N–H and O–H groups in total. The first kappa shape index (κ1) is 19.7. The predicted molar refractivity (Wildman–Crippen MR) is 118 cm³/mol. The van der Waals surface area contributed by atoms with E-state index >= 15 is 0 Å². The van der Waals surface area contributed by atoms with Crippen LogP contribution in [-0.4, -0.2) is 34.6 Å². The van der Waals surface area contributed by atoms with Crippen LogP contribution in [0.4, 0.5) is 11.4 Å². The van der Waals surface area contributed by atoms with Crippen LogP contribution >= 0.6 is 0 Å². The molecule has 2 aromatic carbocycles. The first-order valence-corrected chi connectivity index (χ1v) is 10.2. The fraction of sp³-hybridized carbons (Fsp3) is 0.167. The minimum absolute atomic E-state index is 0.0690. The summed E-state index contributed by atoms with van der Waals surface area (Å²) in [6.45, 7) is 3.83. The number of amides is 2. The van der Waals surface area contributed by atoms with Crippen molar-refractivity contribution in [1.29, 1.82) is 0 Å². The molecular weight excluding hydrogens is 408 g/mol. The molecule has 5 rings (SSSR count). The van der Waals surface area contributed by atoms with E-state index in [1.54, 1.807) is 21.9 Å². The Balaban J connectivity index is 1.57. The highest BCUT2D eigenvalue weighted by Gasteiger charge is 2.35. The molecule has 1 aliphatic rings. The number of benzene rings is 2. The van der Waals surface area contributed by atoms with E-state index in [1.807, 2.05) is 49.4 Å². The molecule has 0 spiro atoms. The summed E-state index contributed by atoms with van der Waals surface area (Å²) in [5, 5.41) is 7.63. The number of hydrogen-bond donors (Lipinski definition) is 0. The Labute approximate surface area is 184 Å². The Hall–Kier alpha value is -4.20. The van der Waals surface area contributed by atoms with Gasteiger partial charge >= 0.3 is 0 Å². The van der Waals surface area contributed by atoms with E-state index in [9.17, 15) is 9.59 Å². The fourth-order valence-electron chi connectivity index (χ4n) is 4.11. The van der Waals surface area contributed by atoms with Gasteiger partial charge in [0.1, 0.15) is 0 Å². The van der Waals surface area contributed by atoms with Crippen LogP contribution in [0, 0.1) is 0 Å². The van der Waals surface area contributed by atoms with E-state index in [4.69, 9.17) is 8.83 Å². The van der Waals surface area contributed by atoms with Crippen LogP contribution in [0.2, 0.25) is 0 Å². The molecule has 0 fully saturated rings. The van der Waals surface area contributed by atoms with E-state index in [-0.39, 0.29) is 23.6 Å². The Kier molecular flexibility index (Phi) is 4.82. The lowest BCUT2D eigenvalue weighted by molar-refractivity contribution is -0.117. The van der Waals surface area contributed by atoms with Gasteiger partial charge in [0.15, 0.2) is 5.76 Å². The maximum atomic E-state index is 13.2. The Morgan fingerprint density at radius 2 is 1.72 bits per heavy atom. The molecule has 2 amide bonds. The second-order valence-corrected chi connectivity index (χ2v) is 7.66. The van der Waals surface area contributed by atoms with Gasteiger partial charge in [0.25, 0.3) is 5.91 Å². The summed E-state index contributed by atoms with van der Waals surface area (Å²) >= 11 is 0. The van der Waals surface area contributed by atoms with Crippen molar-refractivity contribution in [3.63, 3.8) is 0 Å². The number of hydrogen-bond acceptors (Lipinski definition) is 6. The molecule has 160 valence electrons. The molecular formula is C24H20N4O4. The third-order valence-electron chi connectivity index (χ3n) is 5.55. The maximum Gasteiger partial charge on any atom is 0.294 e. The minimum Gasteiger partial charge on any atom is -0.459 e. The molecule has 8 heteroatoms. The van der Waals surface area contributed by atoms with E-state index in [2.05, 4.69) is 10.2 Å². The van der Waals surface area contributed by atoms with Crippen LogP contribution in [0.15, 0.2) is 76.1 Å². The van der Waals surface area contributed by atoms with Crippen LogP contribution < -0.4 is 9.80 Å². The van der Waals surface area contributed by atoms with Gasteiger partial charge in [-0.3, -0.25) is 9.59 Å². The van der Waals surface area contributed by atoms with Gasteiger partial charge in [0.2, 0.25) is 18.2 Å². The second kappa shape index (κ2) is 7.81. The number of aromatic nitrogens is 2. The van der Waals surface area contributed by atoms with Gasteiger partial charge in [-0.15, -0.1) is 10.2 Å². The van der Waals surface area contributed by atoms with Crippen LogP contribution in [-0.2, 0) is 4.79 Å². The number of carbonyl (C=O) groups is 2. The molecule has 0 radical (unpaired) electrons. The summed E-state index contributed by atoms with van der Waals surface area (Å²) < 4.78 is 10.6. The molecule has 2 aromatic heterocycles. The van der Waals surface area contributed by atoms with Crippen molar-refractivity contribution in [3.8, 4) is 22.6 Å². The summed E-state index contributed by atoms with van der Waals surface area (Å²) in [5.74, 6) is 0.396. The molecule has 32 heavy (non-hydrogen) atoms. The van der Waals surface area contributed by atoms with Crippen molar-refractivity contribution in [2.75, 3.05) is 16.3 Å². The summed E-state index contributed by atoms with van der Waals surface area (Å²) in [6, 6.07) is 16.6. The highest BCUT2D eigenvalue weighted by atomic mass is 16.4. The number of carbonyl (C=O) groups excluding carboxylic acids is 2. The zero-order chi connectivity index (χ0) is 22.2. The van der Waals surface area contributed by atoms with Crippen molar-refractivity contribution >= 4 is 23.2 Å². The van der Waals surface area contributed by atoms with E-state index in [0.717, 1.165) is 16.7 Å². The average Bonchev–Trinajstić information content (AvgIpc) is 3.52. The van der Waals surface area contributed by atoms with Gasteiger partial charge in [-0.1, -0.05) is 18.2 Å². The summed E-state index contributed by atoms with van der Waals surface area (Å²) in [4.78, 5) is 28.9. The van der Waals surface area contributed by atoms with Crippen molar-refractivity contribution in [1.82, 2.24) is 10.2 Å². The molecule has 0 aliphatic carbocycles. The van der Waals surface area contributed by atoms with Crippen molar-refractivity contribution in [2.45, 2.75) is 19.9 Å². The van der Waals surface area contributed by atoms with Crippen LogP contribution in [0.25, 0.3) is 22.6 Å². The molecule has 1 atom stereocenters. The number of anilines is 2. The molecule has 0 bridgehead atoms. The summed E-state index contributed by atoms with van der Waals surface area (Å²) in [6.07, 6.45) is 2.77. The Morgan fingerprint density at radius 3 is 2.38 bits per heavy atom. The highest BCUT2D eigenvalue weighted by molar-refractivity contribution is 6.10. The zero-order valence-corrected chi connectivity index (χ0v) is 17.6. The predicted octanol–water partition coefficient (Wildman–Crippen LogP) is 4.40. The number of fused-ring (bicyclic) bond motifs is 1. The van der Waals surface area contributed by atoms with Gasteiger partial charge < -0.3 is 18.6 Å². The third kappa shape index (κ3) is 3.35. The number of nitrogens with zero attached hydrogens (tertiary/aromatic N) is 4. The van der Waals surface area contributed by atoms with E-state index in [0.29, 0.717) is 23.8 Å². The first-order valence-electron chi connectivity index (χ1n) is 10.2. The average molecular weight is 428 g/mol. The zero-order valence-electron chi connectivity index (χ0n) is 17.6. The van der Waals surface area contributed by atoms with Crippen molar-refractivity contribution in [3.05, 3.63) is 73.0 Å². The largest absolute Gasteiger partial charge is 0.459 e. The van der Waals surface area contributed by atoms with E-state index < -0.39 is 0 Å². The van der Waals surface area contributed by atoms with Gasteiger partial charge in [-0.05, 0) is 54.4 Å². The second-order valence-electron chi connectivity index (χ2n) is 7.66. The molecule has 0 unspecified atom stereocenters. The van der Waals surface area contributed by atoms with E-state index in [1.165, 1.54) is 19.6 Å². The van der Waals surface area contributed by atoms with Gasteiger partial charge in [-0.25, -0.2) is 0 Å². The minimum atomic E-state index is -0.241. The van der Waals surface area contributed by atoms with Crippen molar-refractivity contribution in [2.24, 2.45) is 0 Å². The smallest absolute Gasteiger partial charge is 0.294 e. The first-order chi connectivity index (χ1) is 15.5. The maximum absolute atomic E-state index is 13.2. The lowest BCUT2D eigenvalue weighted by Crippen LogP contribution is -2.51. The fourth-order valence-corrected chi connectivity index (χ4v) is 4.11. The molecule has 1 aliphatic heterocycles. The SMILES string of the molecule is CC(=O)N1c2ccc(-c3ccc(-c4nnco4)cc3)cc2N(C(=O)c2ccco2)C[C@@H]1C. The lowest BCUT2D eigenvalue weighted by atomic mass is 9.99. The Morgan fingerprint density at radius 1 is 0.969 bits per heavy atom. The number of rotatable bonds is 3. The molecule has 0 saturated carbocycles. The molecule has 3 heterocycles. The monoisotopic (exact) mass is 428 g/mol. The summed E-state index contributed by atoms with van der Waals surface area (Å²) in [7, 11) is 0. The van der Waals surface area contributed by atoms with Crippen LogP contribution in [0.5, 0.6) is 0 Å². The topological polar surface area (TPSA) is 92.7 Å².